The molecule has 4 rings (SSSR count). The van der Waals surface area contributed by atoms with Crippen LogP contribution in [-0.4, -0.2) is 0 Å². The minimum Gasteiger partial charge on any atom is -0.0808 e. The molecule has 0 radical (unpaired) electrons. The standard InChI is InChI=1S/4C5H6.2Fe/c4*1-2-4-5-3-1;;/h4*1-4H,5H2;;. The van der Waals surface area contributed by atoms with Crippen LogP contribution in [0, 0.1) is 0 Å². The molecule has 0 aliphatic heterocycles. The second-order valence-electron chi connectivity index (χ2n) is 4.37. The summed E-state index contributed by atoms with van der Waals surface area (Å²) < 4.78 is 0. The summed E-state index contributed by atoms with van der Waals surface area (Å²) in [5, 5.41) is 0. The van der Waals surface area contributed by atoms with Crippen molar-refractivity contribution in [3.8, 4) is 0 Å². The van der Waals surface area contributed by atoms with Gasteiger partial charge in [0.15, 0.2) is 0 Å². The van der Waals surface area contributed by atoms with Gasteiger partial charge in [-0.3, -0.25) is 0 Å². The Kier molecular flexibility index (Phi) is 21.1. The van der Waals surface area contributed by atoms with Gasteiger partial charge in [0.25, 0.3) is 0 Å². The van der Waals surface area contributed by atoms with Crippen LogP contribution in [0.25, 0.3) is 0 Å². The third-order valence-electron chi connectivity index (χ3n) is 2.62. The van der Waals surface area contributed by atoms with Gasteiger partial charge in [0, 0.05) is 34.1 Å². The average molecular weight is 376 g/mol. The van der Waals surface area contributed by atoms with Crippen LogP contribution in [0.2, 0.25) is 0 Å². The van der Waals surface area contributed by atoms with Crippen molar-refractivity contribution in [1.82, 2.24) is 0 Å². The van der Waals surface area contributed by atoms with E-state index in [0.717, 1.165) is 25.7 Å². The summed E-state index contributed by atoms with van der Waals surface area (Å²) in [5.74, 6) is 0. The van der Waals surface area contributed by atoms with Crippen LogP contribution in [0.4, 0.5) is 0 Å². The Labute approximate surface area is 156 Å². The summed E-state index contributed by atoms with van der Waals surface area (Å²) >= 11 is 0. The first kappa shape index (κ1) is 23.2. The van der Waals surface area contributed by atoms with E-state index in [-0.39, 0.29) is 34.1 Å². The molecule has 0 heterocycles. The van der Waals surface area contributed by atoms with Crippen molar-refractivity contribution in [2.45, 2.75) is 25.7 Å². The van der Waals surface area contributed by atoms with Gasteiger partial charge in [0.1, 0.15) is 0 Å². The Bertz CT molecular complexity index is 330. The number of hydrogen-bond donors (Lipinski definition) is 0. The van der Waals surface area contributed by atoms with E-state index in [9.17, 15) is 0 Å². The molecule has 0 amide bonds. The van der Waals surface area contributed by atoms with Crippen molar-refractivity contribution >= 4 is 0 Å². The summed E-state index contributed by atoms with van der Waals surface area (Å²) in [4.78, 5) is 0. The van der Waals surface area contributed by atoms with Crippen LogP contribution in [-0.2, 0) is 34.1 Å². The van der Waals surface area contributed by atoms with E-state index >= 15 is 0 Å². The van der Waals surface area contributed by atoms with E-state index in [4.69, 9.17) is 0 Å². The van der Waals surface area contributed by atoms with E-state index in [1.165, 1.54) is 0 Å². The third kappa shape index (κ3) is 17.0. The number of rotatable bonds is 0. The Morgan fingerprint density at radius 2 is 0.409 bits per heavy atom. The molecule has 0 saturated carbocycles. The number of hydrogen-bond acceptors (Lipinski definition) is 0. The van der Waals surface area contributed by atoms with E-state index in [2.05, 4.69) is 97.2 Å². The minimum absolute atomic E-state index is 0. The maximum Gasteiger partial charge on any atom is 0 e. The second-order valence-corrected chi connectivity index (χ2v) is 4.37. The predicted octanol–water partition coefficient (Wildman–Crippen LogP) is 6.01. The normalized spacial score (nSPS) is 16.0. The molecule has 4 aliphatic rings. The predicted molar refractivity (Wildman–Crippen MR) is 91.6 cm³/mol. The van der Waals surface area contributed by atoms with Crippen molar-refractivity contribution in [2.24, 2.45) is 0 Å². The molecule has 0 unspecified atom stereocenters. The quantitative estimate of drug-likeness (QED) is 0.455. The zero-order chi connectivity index (χ0) is 14.1. The van der Waals surface area contributed by atoms with Gasteiger partial charge in [-0.1, -0.05) is 97.2 Å². The van der Waals surface area contributed by atoms with Gasteiger partial charge in [-0.05, 0) is 25.7 Å². The smallest absolute Gasteiger partial charge is 0 e. The van der Waals surface area contributed by atoms with Crippen LogP contribution in [0.15, 0.2) is 97.2 Å². The van der Waals surface area contributed by atoms with Gasteiger partial charge in [-0.2, -0.15) is 0 Å². The Hall–Kier alpha value is -1.04. The summed E-state index contributed by atoms with van der Waals surface area (Å²) in [6.45, 7) is 0. The Balaban J connectivity index is 0. The van der Waals surface area contributed by atoms with Crippen molar-refractivity contribution < 1.29 is 34.1 Å². The largest absolute Gasteiger partial charge is 0.0808 e. The fraction of sp³-hybridized carbons (Fsp3) is 0.200. The van der Waals surface area contributed by atoms with Crippen molar-refractivity contribution in [3.05, 3.63) is 97.2 Å². The third-order valence-corrected chi connectivity index (χ3v) is 2.62. The molecular weight excluding hydrogens is 352 g/mol. The van der Waals surface area contributed by atoms with Crippen LogP contribution in [0.1, 0.15) is 25.7 Å². The zero-order valence-electron chi connectivity index (χ0n) is 12.8. The molecule has 0 atom stereocenters. The monoisotopic (exact) mass is 376 g/mol. The number of allylic oxidation sites excluding steroid dienone is 16. The fourth-order valence-corrected chi connectivity index (χ4v) is 1.57. The molecule has 0 spiro atoms. The summed E-state index contributed by atoms with van der Waals surface area (Å²) in [6, 6.07) is 0. The summed E-state index contributed by atoms with van der Waals surface area (Å²) in [6.07, 6.45) is 38.0. The van der Waals surface area contributed by atoms with Gasteiger partial charge < -0.3 is 0 Å². The summed E-state index contributed by atoms with van der Waals surface area (Å²) in [7, 11) is 0. The first-order valence-electron chi connectivity index (χ1n) is 7.27. The van der Waals surface area contributed by atoms with Crippen LogP contribution >= 0.6 is 0 Å². The van der Waals surface area contributed by atoms with E-state index in [1.54, 1.807) is 0 Å². The first-order valence-corrected chi connectivity index (χ1v) is 7.27. The molecule has 0 bridgehead atoms. The van der Waals surface area contributed by atoms with Gasteiger partial charge in [-0.25, -0.2) is 0 Å². The summed E-state index contributed by atoms with van der Waals surface area (Å²) in [5.41, 5.74) is 0. The fourth-order valence-electron chi connectivity index (χ4n) is 1.57. The van der Waals surface area contributed by atoms with Gasteiger partial charge >= 0.3 is 0 Å². The van der Waals surface area contributed by atoms with Crippen LogP contribution in [0.3, 0.4) is 0 Å². The SMILES string of the molecule is C1=CCC=C1.C1=CCC=C1.C1=CCC=C1.C1=CCC=C1.[Fe].[Fe]. The second kappa shape index (κ2) is 20.0. The molecule has 0 aromatic heterocycles. The molecule has 0 N–H and O–H groups in total. The molecular formula is C20H24Fe2. The minimum atomic E-state index is 0. The Morgan fingerprint density at radius 1 is 0.273 bits per heavy atom. The van der Waals surface area contributed by atoms with Crippen LogP contribution < -0.4 is 0 Å². The van der Waals surface area contributed by atoms with Crippen LogP contribution in [0.5, 0.6) is 0 Å². The average Bonchev–Trinajstić information content (AvgIpc) is 3.40. The van der Waals surface area contributed by atoms with E-state index < -0.39 is 0 Å². The van der Waals surface area contributed by atoms with Crippen molar-refractivity contribution in [1.29, 1.82) is 0 Å². The molecule has 0 fully saturated rings. The molecule has 120 valence electrons. The van der Waals surface area contributed by atoms with Gasteiger partial charge in [0.2, 0.25) is 0 Å². The molecule has 0 aromatic carbocycles. The molecule has 22 heavy (non-hydrogen) atoms. The van der Waals surface area contributed by atoms with Crippen molar-refractivity contribution in [2.75, 3.05) is 0 Å². The molecule has 2 heteroatoms. The van der Waals surface area contributed by atoms with Crippen molar-refractivity contribution in [3.63, 3.8) is 0 Å². The van der Waals surface area contributed by atoms with Gasteiger partial charge in [-0.15, -0.1) is 0 Å². The molecule has 0 aromatic rings. The maximum absolute atomic E-state index is 2.12. The molecule has 0 saturated heterocycles. The topological polar surface area (TPSA) is 0 Å². The Morgan fingerprint density at radius 3 is 0.455 bits per heavy atom. The maximum atomic E-state index is 2.12. The molecule has 4 aliphatic carbocycles. The first-order chi connectivity index (χ1) is 10.0. The van der Waals surface area contributed by atoms with E-state index in [1.807, 2.05) is 0 Å². The van der Waals surface area contributed by atoms with Gasteiger partial charge in [0.05, 0.1) is 0 Å². The van der Waals surface area contributed by atoms with E-state index in [0.29, 0.717) is 0 Å². The molecule has 0 nitrogen and oxygen atoms in total. The zero-order valence-corrected chi connectivity index (χ0v) is 15.0.